The summed E-state index contributed by atoms with van der Waals surface area (Å²) in [4.78, 5) is 35.0. The van der Waals surface area contributed by atoms with Gasteiger partial charge in [-0.1, -0.05) is 23.2 Å². The number of carbonyl (C=O) groups excluding carboxylic acids is 1. The third-order valence-electron chi connectivity index (χ3n) is 5.05. The first-order valence-corrected chi connectivity index (χ1v) is 8.00. The Kier molecular flexibility index (Phi) is 3.98. The second kappa shape index (κ2) is 5.55. The summed E-state index contributed by atoms with van der Waals surface area (Å²) < 4.78 is 14.4. The number of carboxylic acid groups (broad SMARTS) is 2. The van der Waals surface area contributed by atoms with Crippen molar-refractivity contribution in [3.05, 3.63) is 33.8 Å². The lowest BCUT2D eigenvalue weighted by molar-refractivity contribution is -0.150. The van der Waals surface area contributed by atoms with E-state index in [1.165, 1.54) is 18.2 Å². The number of carboxylic acids is 2. The molecule has 7 nitrogen and oxygen atoms in total. The van der Waals surface area contributed by atoms with Crippen molar-refractivity contribution in [1.82, 2.24) is 5.32 Å². The molecule has 2 aliphatic rings. The number of nitrogens with one attached hydrogen (secondary N) is 1. The summed E-state index contributed by atoms with van der Waals surface area (Å²) in [5.41, 5.74) is 1.08. The van der Waals surface area contributed by atoms with Crippen LogP contribution in [-0.2, 0) is 9.59 Å². The molecule has 0 aliphatic heterocycles. The molecule has 0 unspecified atom stereocenters. The topological polar surface area (TPSA) is 130 Å². The van der Waals surface area contributed by atoms with E-state index in [0.29, 0.717) is 0 Å². The van der Waals surface area contributed by atoms with Gasteiger partial charge < -0.3 is 21.3 Å². The highest BCUT2D eigenvalue weighted by atomic mass is 35.5. The molecule has 2 saturated carbocycles. The summed E-state index contributed by atoms with van der Waals surface area (Å²) in [6, 6.07) is 2.96. The molecule has 134 valence electrons. The Morgan fingerprint density at radius 3 is 2.36 bits per heavy atom. The predicted octanol–water partition coefficient (Wildman–Crippen LogP) is 1.32. The molecule has 0 spiro atoms. The molecule has 0 bridgehead atoms. The number of aliphatic carboxylic acids is 2. The van der Waals surface area contributed by atoms with Crippen molar-refractivity contribution in [3.8, 4) is 0 Å². The molecule has 0 heterocycles. The van der Waals surface area contributed by atoms with E-state index in [4.69, 9.17) is 34.0 Å². The van der Waals surface area contributed by atoms with Crippen LogP contribution in [0.2, 0.25) is 10.0 Å². The van der Waals surface area contributed by atoms with Crippen LogP contribution in [0.15, 0.2) is 18.2 Å². The fourth-order valence-electron chi connectivity index (χ4n) is 3.71. The van der Waals surface area contributed by atoms with Crippen molar-refractivity contribution in [1.29, 1.82) is 0 Å². The van der Waals surface area contributed by atoms with Crippen LogP contribution < -0.4 is 11.1 Å². The molecular weight excluding hydrogens is 378 g/mol. The molecular formula is C15H13Cl2FN2O5. The van der Waals surface area contributed by atoms with Crippen molar-refractivity contribution in [2.45, 2.75) is 23.7 Å². The van der Waals surface area contributed by atoms with Gasteiger partial charge in [-0.05, 0) is 24.6 Å². The van der Waals surface area contributed by atoms with Gasteiger partial charge in [-0.15, -0.1) is 0 Å². The van der Waals surface area contributed by atoms with Crippen molar-refractivity contribution in [3.63, 3.8) is 0 Å². The first kappa shape index (κ1) is 17.9. The lowest BCUT2D eigenvalue weighted by Gasteiger charge is -2.32. The van der Waals surface area contributed by atoms with Crippen molar-refractivity contribution >= 4 is 41.0 Å². The third kappa shape index (κ3) is 2.39. The van der Waals surface area contributed by atoms with Gasteiger partial charge in [0.05, 0.1) is 16.1 Å². The fourth-order valence-corrected chi connectivity index (χ4v) is 4.01. The van der Waals surface area contributed by atoms with Crippen LogP contribution in [0.4, 0.5) is 4.39 Å². The van der Waals surface area contributed by atoms with Gasteiger partial charge in [0.25, 0.3) is 5.91 Å². The highest BCUT2D eigenvalue weighted by Gasteiger charge is 2.84. The molecule has 1 amide bonds. The highest BCUT2D eigenvalue weighted by molar-refractivity contribution is 6.42. The van der Waals surface area contributed by atoms with Gasteiger partial charge in [-0.3, -0.25) is 9.59 Å². The van der Waals surface area contributed by atoms with Crippen LogP contribution in [0.25, 0.3) is 0 Å². The summed E-state index contributed by atoms with van der Waals surface area (Å²) in [7, 11) is 0. The molecule has 0 saturated heterocycles. The van der Waals surface area contributed by atoms with E-state index in [0.717, 1.165) is 0 Å². The van der Waals surface area contributed by atoms with Crippen LogP contribution >= 0.6 is 23.2 Å². The maximum atomic E-state index is 14.4. The number of alkyl halides is 1. The Labute approximate surface area is 150 Å². The smallest absolute Gasteiger partial charge is 0.342 e. The summed E-state index contributed by atoms with van der Waals surface area (Å²) in [6.07, 6.45) is -0.191. The van der Waals surface area contributed by atoms with Gasteiger partial charge in [0.15, 0.2) is 0 Å². The molecule has 5 N–H and O–H groups in total. The van der Waals surface area contributed by atoms with Gasteiger partial charge in [0.1, 0.15) is 5.54 Å². The van der Waals surface area contributed by atoms with Crippen LogP contribution in [0, 0.1) is 11.8 Å². The number of hydrogen-bond acceptors (Lipinski definition) is 4. The molecule has 5 atom stereocenters. The van der Waals surface area contributed by atoms with Crippen LogP contribution in [0.3, 0.4) is 0 Å². The quantitative estimate of drug-likeness (QED) is 0.613. The number of hydrogen-bond donors (Lipinski definition) is 4. The van der Waals surface area contributed by atoms with Crippen molar-refractivity contribution in [2.75, 3.05) is 0 Å². The number of benzene rings is 1. The molecule has 25 heavy (non-hydrogen) atoms. The zero-order chi connectivity index (χ0) is 18.7. The lowest BCUT2D eigenvalue weighted by atomic mass is 9.86. The molecule has 10 heteroatoms. The number of halogens is 3. The third-order valence-corrected chi connectivity index (χ3v) is 5.79. The maximum absolute atomic E-state index is 14.4. The van der Waals surface area contributed by atoms with Gasteiger partial charge in [0, 0.05) is 17.4 Å². The van der Waals surface area contributed by atoms with E-state index in [9.17, 15) is 23.9 Å². The van der Waals surface area contributed by atoms with Crippen LogP contribution in [0.5, 0.6) is 0 Å². The number of rotatable bonds is 4. The van der Waals surface area contributed by atoms with E-state index >= 15 is 0 Å². The normalized spacial score (nSPS) is 35.8. The number of amides is 1. The first-order valence-electron chi connectivity index (χ1n) is 7.25. The Bertz CT molecular complexity index is 806. The van der Waals surface area contributed by atoms with Gasteiger partial charge in [-0.25, -0.2) is 9.18 Å². The Morgan fingerprint density at radius 2 is 1.84 bits per heavy atom. The molecule has 1 aromatic carbocycles. The largest absolute Gasteiger partial charge is 0.480 e. The number of carbonyl (C=O) groups is 3. The molecule has 0 aromatic heterocycles. The molecule has 2 aliphatic carbocycles. The fraction of sp³-hybridized carbons (Fsp3) is 0.400. The molecule has 3 rings (SSSR count). The van der Waals surface area contributed by atoms with Gasteiger partial charge >= 0.3 is 11.9 Å². The van der Waals surface area contributed by atoms with Crippen LogP contribution in [-0.4, -0.2) is 45.3 Å². The Hall–Kier alpha value is -1.90. The van der Waals surface area contributed by atoms with Crippen molar-refractivity contribution < 1.29 is 29.0 Å². The minimum absolute atomic E-state index is 0.118. The van der Waals surface area contributed by atoms with E-state index < -0.39 is 46.9 Å². The zero-order valence-electron chi connectivity index (χ0n) is 12.5. The summed E-state index contributed by atoms with van der Waals surface area (Å²) >= 11 is 11.6. The lowest BCUT2D eigenvalue weighted by Crippen LogP contribution is -2.64. The summed E-state index contributed by atoms with van der Waals surface area (Å²) in [6.45, 7) is 0. The second-order valence-electron chi connectivity index (χ2n) is 6.29. The molecule has 2 fully saturated rings. The Morgan fingerprint density at radius 1 is 1.20 bits per heavy atom. The highest BCUT2D eigenvalue weighted by Crippen LogP contribution is 2.66. The number of nitrogens with two attached hydrogens (primary N) is 1. The standard InChI is InChI=1S/C15H13Cl2FN2O5/c16-7-2-1-5(3-8(7)17)11(21)20-9-4-6-10(14(6,18)12(22)23)15(9,19)13(24)25/h1-3,6,9-10H,4,19H2,(H,20,21)(H,22,23)(H,24,25)/t6-,9-,10+,14-,15+/m1/s1. The SMILES string of the molecule is N[C@]1(C(=O)O)[C@H]2[C@@H](C[C@H]1NC(=O)c1ccc(Cl)c(Cl)c1)[C@]2(F)C(=O)O. The number of fused-ring (bicyclic) bond motifs is 1. The van der Waals surface area contributed by atoms with Gasteiger partial charge in [0.2, 0.25) is 5.67 Å². The average molecular weight is 391 g/mol. The summed E-state index contributed by atoms with van der Waals surface area (Å²) in [5, 5.41) is 21.3. The monoisotopic (exact) mass is 390 g/mol. The van der Waals surface area contributed by atoms with E-state index in [1.54, 1.807) is 0 Å². The Balaban J connectivity index is 1.84. The van der Waals surface area contributed by atoms with Gasteiger partial charge in [-0.2, -0.15) is 0 Å². The second-order valence-corrected chi connectivity index (χ2v) is 7.10. The molecule has 1 aromatic rings. The first-order chi connectivity index (χ1) is 11.5. The van der Waals surface area contributed by atoms with Crippen LogP contribution in [0.1, 0.15) is 16.8 Å². The maximum Gasteiger partial charge on any atom is 0.342 e. The minimum atomic E-state index is -2.68. The van der Waals surface area contributed by atoms with E-state index in [-0.39, 0.29) is 22.0 Å². The minimum Gasteiger partial charge on any atom is -0.480 e. The predicted molar refractivity (Wildman–Crippen MR) is 85.3 cm³/mol. The van der Waals surface area contributed by atoms with E-state index in [1.807, 2.05) is 0 Å². The average Bonchev–Trinajstić information content (AvgIpc) is 3.01. The van der Waals surface area contributed by atoms with E-state index in [2.05, 4.69) is 5.32 Å². The molecule has 0 radical (unpaired) electrons. The zero-order valence-corrected chi connectivity index (χ0v) is 14.0. The van der Waals surface area contributed by atoms with Crippen molar-refractivity contribution in [2.24, 2.45) is 17.6 Å². The summed E-state index contributed by atoms with van der Waals surface area (Å²) in [5.74, 6) is -6.45.